The highest BCUT2D eigenvalue weighted by atomic mass is 16.5. The summed E-state index contributed by atoms with van der Waals surface area (Å²) < 4.78 is 12.7. The lowest BCUT2D eigenvalue weighted by Crippen LogP contribution is -2.27. The first-order valence-corrected chi connectivity index (χ1v) is 24.6. The van der Waals surface area contributed by atoms with E-state index < -0.39 is 0 Å². The fourth-order valence-electron chi connectivity index (χ4n) is 8.66. The second-order valence-electron chi connectivity index (χ2n) is 19.5. The summed E-state index contributed by atoms with van der Waals surface area (Å²) in [5.74, 6) is 2.25. The summed E-state index contributed by atoms with van der Waals surface area (Å²) in [4.78, 5) is 17.9. The molecule has 8 rings (SSSR count). The van der Waals surface area contributed by atoms with Gasteiger partial charge in [-0.3, -0.25) is 4.79 Å². The third kappa shape index (κ3) is 11.8. The first-order chi connectivity index (χ1) is 33.3. The fraction of sp³-hybridized carbons (Fsp3) is 0.234. The van der Waals surface area contributed by atoms with Gasteiger partial charge < -0.3 is 19.3 Å². The third-order valence-corrected chi connectivity index (χ3v) is 12.9. The van der Waals surface area contributed by atoms with Crippen molar-refractivity contribution >= 4 is 39.9 Å². The lowest BCUT2D eigenvalue weighted by Gasteiger charge is -2.28. The Bertz CT molecular complexity index is 2890. The second kappa shape index (κ2) is 21.3. The molecule has 0 saturated heterocycles. The van der Waals surface area contributed by atoms with E-state index in [1.54, 1.807) is 0 Å². The molecule has 0 aliphatic rings. The van der Waals surface area contributed by atoms with E-state index in [1.807, 2.05) is 60.7 Å². The van der Waals surface area contributed by atoms with Crippen molar-refractivity contribution in [3.63, 3.8) is 0 Å². The molecule has 5 heteroatoms. The number of ketones is 1. The van der Waals surface area contributed by atoms with Crippen molar-refractivity contribution < 1.29 is 14.3 Å². The highest BCUT2D eigenvalue weighted by molar-refractivity contribution is 6.09. The smallest absolute Gasteiger partial charge is 0.193 e. The van der Waals surface area contributed by atoms with Crippen LogP contribution in [0.15, 0.2) is 194 Å². The van der Waals surface area contributed by atoms with Crippen LogP contribution in [0.1, 0.15) is 107 Å². The van der Waals surface area contributed by atoms with Crippen LogP contribution >= 0.6 is 0 Å². The molecule has 69 heavy (non-hydrogen) atoms. The van der Waals surface area contributed by atoms with E-state index in [1.165, 1.54) is 16.7 Å². The summed E-state index contributed by atoms with van der Waals surface area (Å²) in [7, 11) is 0. The fourth-order valence-corrected chi connectivity index (χ4v) is 8.66. The molecule has 0 radical (unpaired) electrons. The highest BCUT2D eigenvalue weighted by Gasteiger charge is 2.21. The zero-order chi connectivity index (χ0) is 48.5. The van der Waals surface area contributed by atoms with Gasteiger partial charge in [-0.25, -0.2) is 0 Å². The van der Waals surface area contributed by atoms with Crippen LogP contribution in [0.2, 0.25) is 0 Å². The molecule has 0 fully saturated rings. The molecule has 0 atom stereocenters. The molecule has 0 bridgehead atoms. The van der Waals surface area contributed by atoms with Crippen LogP contribution in [-0.4, -0.2) is 11.4 Å². The minimum absolute atomic E-state index is 0.00817. The first kappa shape index (κ1) is 48.1. The van der Waals surface area contributed by atoms with Gasteiger partial charge in [0, 0.05) is 45.3 Å². The number of nitrogens with zero attached hydrogens (tertiary/aromatic N) is 2. The van der Waals surface area contributed by atoms with Gasteiger partial charge in [-0.2, -0.15) is 0 Å². The highest BCUT2D eigenvalue weighted by Crippen LogP contribution is 2.40. The van der Waals surface area contributed by atoms with E-state index in [0.717, 1.165) is 83.1 Å². The summed E-state index contributed by atoms with van der Waals surface area (Å²) in [6.07, 6.45) is 5.28. The van der Waals surface area contributed by atoms with E-state index in [0.29, 0.717) is 22.6 Å². The van der Waals surface area contributed by atoms with Crippen molar-refractivity contribution in [3.05, 3.63) is 222 Å². The number of hydrogen-bond donors (Lipinski definition) is 0. The molecule has 0 amide bonds. The van der Waals surface area contributed by atoms with Gasteiger partial charge in [0.25, 0.3) is 0 Å². The molecule has 0 N–H and O–H groups in total. The van der Waals surface area contributed by atoms with Crippen LogP contribution in [0.25, 0.3) is 11.1 Å². The Kier molecular flexibility index (Phi) is 14.8. The Morgan fingerprint density at radius 3 is 1.12 bits per heavy atom. The lowest BCUT2D eigenvalue weighted by molar-refractivity contribution is 0.0967. The maximum Gasteiger partial charge on any atom is 0.193 e. The van der Waals surface area contributed by atoms with Crippen LogP contribution in [0.5, 0.6) is 17.2 Å². The van der Waals surface area contributed by atoms with Crippen LogP contribution in [0.3, 0.4) is 0 Å². The van der Waals surface area contributed by atoms with E-state index in [9.17, 15) is 4.79 Å². The summed E-state index contributed by atoms with van der Waals surface area (Å²) in [6, 6.07) is 67.2. The third-order valence-electron chi connectivity index (χ3n) is 12.9. The largest absolute Gasteiger partial charge is 0.488 e. The van der Waals surface area contributed by atoms with Crippen molar-refractivity contribution in [1.29, 1.82) is 0 Å². The molecular formula is C64H66N2O3. The zero-order valence-electron chi connectivity index (χ0n) is 41.6. The number of unbranched alkanes of at least 4 members (excludes halogenated alkanes) is 1. The minimum atomic E-state index is -0.220. The van der Waals surface area contributed by atoms with Gasteiger partial charge in [-0.1, -0.05) is 121 Å². The Labute approximate surface area is 411 Å². The second-order valence-corrected chi connectivity index (χ2v) is 19.5. The van der Waals surface area contributed by atoms with Gasteiger partial charge in [0.05, 0.1) is 0 Å². The van der Waals surface area contributed by atoms with Crippen LogP contribution in [0.4, 0.5) is 34.1 Å². The van der Waals surface area contributed by atoms with Gasteiger partial charge >= 0.3 is 0 Å². The number of carbonyl (C=O) groups is 1. The molecule has 0 aliphatic heterocycles. The normalized spacial score (nSPS) is 11.5. The monoisotopic (exact) mass is 911 g/mol. The minimum Gasteiger partial charge on any atom is -0.488 e. The number of ether oxygens (including phenoxy) is 2. The standard InChI is InChI=1S/C64H66N2O3/c1-9-12-45-64(7,8)69-61-43-37-58(38-44-61)66(54-29-15-47(11-3)16-30-54)56-33-21-49(22-34-56)48-19-31-55(32-20-48)65(53-27-13-46(10-2)14-28-53)57-35-41-60(42-36-57)68-59-39-23-51(24-40-59)62(67)50-17-25-52(26-18-50)63(4,5)6/h13-44H,9-12,45H2,1-8H3. The molecule has 0 heterocycles. The number of carbonyl (C=O) groups excluding carboxylic acids is 1. The Hall–Kier alpha value is -7.37. The van der Waals surface area contributed by atoms with Gasteiger partial charge in [-0.15, -0.1) is 0 Å². The molecule has 0 aromatic heterocycles. The Morgan fingerprint density at radius 1 is 0.420 bits per heavy atom. The number of rotatable bonds is 18. The predicted molar refractivity (Wildman–Crippen MR) is 289 cm³/mol. The summed E-state index contributed by atoms with van der Waals surface area (Å²) >= 11 is 0. The summed E-state index contributed by atoms with van der Waals surface area (Å²) in [5, 5.41) is 0. The van der Waals surface area contributed by atoms with Crippen molar-refractivity contribution in [2.24, 2.45) is 0 Å². The molecular weight excluding hydrogens is 845 g/mol. The average molecular weight is 911 g/mol. The van der Waals surface area contributed by atoms with E-state index in [4.69, 9.17) is 9.47 Å². The first-order valence-electron chi connectivity index (χ1n) is 24.6. The number of aryl methyl sites for hydroxylation is 2. The molecule has 8 aromatic carbocycles. The van der Waals surface area contributed by atoms with Crippen LogP contribution in [-0.2, 0) is 18.3 Å². The predicted octanol–water partition coefficient (Wildman–Crippen LogP) is 18.1. The average Bonchev–Trinajstić information content (AvgIpc) is 3.37. The van der Waals surface area contributed by atoms with Crippen molar-refractivity contribution in [1.82, 2.24) is 0 Å². The van der Waals surface area contributed by atoms with Crippen molar-refractivity contribution in [2.75, 3.05) is 9.80 Å². The molecule has 0 aliphatic carbocycles. The molecule has 350 valence electrons. The molecule has 0 saturated carbocycles. The van der Waals surface area contributed by atoms with Crippen LogP contribution < -0.4 is 19.3 Å². The topological polar surface area (TPSA) is 42.0 Å². The number of hydrogen-bond acceptors (Lipinski definition) is 5. The number of anilines is 6. The Balaban J connectivity index is 1.00. The SMILES string of the molecule is CCCCC(C)(C)Oc1ccc(N(c2ccc(CC)cc2)c2ccc(-c3ccc(N(c4ccc(CC)cc4)c4ccc(Oc5ccc(C(=O)c6ccc(C(C)(C)C)cc6)cc5)cc4)cc3)cc2)cc1. The molecule has 0 unspecified atom stereocenters. The number of benzene rings is 8. The van der Waals surface area contributed by atoms with E-state index >= 15 is 0 Å². The van der Waals surface area contributed by atoms with Gasteiger partial charge in [0.2, 0.25) is 0 Å². The summed E-state index contributed by atoms with van der Waals surface area (Å²) in [5.41, 5.74) is 13.6. The molecule has 5 nitrogen and oxygen atoms in total. The molecule has 0 spiro atoms. The summed E-state index contributed by atoms with van der Waals surface area (Å²) in [6.45, 7) is 17.4. The lowest BCUT2D eigenvalue weighted by atomic mass is 9.86. The van der Waals surface area contributed by atoms with Gasteiger partial charge in [0.15, 0.2) is 5.78 Å². The maximum atomic E-state index is 13.3. The van der Waals surface area contributed by atoms with E-state index in [-0.39, 0.29) is 16.8 Å². The zero-order valence-corrected chi connectivity index (χ0v) is 41.6. The van der Waals surface area contributed by atoms with Gasteiger partial charge in [0.1, 0.15) is 22.8 Å². The van der Waals surface area contributed by atoms with E-state index in [2.05, 4.69) is 199 Å². The van der Waals surface area contributed by atoms with Crippen LogP contribution in [0, 0.1) is 0 Å². The maximum absolute atomic E-state index is 13.3. The van der Waals surface area contributed by atoms with Crippen molar-refractivity contribution in [2.45, 2.75) is 98.5 Å². The van der Waals surface area contributed by atoms with Crippen molar-refractivity contribution in [3.8, 4) is 28.4 Å². The quantitative estimate of drug-likeness (QED) is 0.0803. The Morgan fingerprint density at radius 2 is 0.754 bits per heavy atom. The van der Waals surface area contributed by atoms with Gasteiger partial charge in [-0.05, 0) is 194 Å². The molecule has 8 aromatic rings.